The molecular formula is C16H21FN2O3. The van der Waals surface area contributed by atoms with Crippen LogP contribution in [0.1, 0.15) is 31.2 Å². The van der Waals surface area contributed by atoms with Gasteiger partial charge in [0.05, 0.1) is 6.10 Å². The molecule has 6 heteroatoms. The number of benzene rings is 1. The molecule has 5 nitrogen and oxygen atoms in total. The van der Waals surface area contributed by atoms with E-state index < -0.39 is 23.7 Å². The highest BCUT2D eigenvalue weighted by Gasteiger charge is 2.24. The smallest absolute Gasteiger partial charge is 0.313 e. The van der Waals surface area contributed by atoms with Gasteiger partial charge in [0, 0.05) is 18.2 Å². The predicted octanol–water partition coefficient (Wildman–Crippen LogP) is 1.74. The Morgan fingerprint density at radius 2 is 2.00 bits per heavy atom. The molecule has 1 aliphatic rings. The Labute approximate surface area is 128 Å². The number of rotatable bonds is 3. The third kappa shape index (κ3) is 4.27. The number of aryl methyl sites for hydroxylation is 1. The molecule has 0 radical (unpaired) electrons. The summed E-state index contributed by atoms with van der Waals surface area (Å²) in [5.74, 6) is -2.07. The van der Waals surface area contributed by atoms with Gasteiger partial charge >= 0.3 is 11.8 Å². The summed E-state index contributed by atoms with van der Waals surface area (Å²) in [5, 5.41) is 14.7. The number of hydrogen-bond donors (Lipinski definition) is 3. The fourth-order valence-electron chi connectivity index (χ4n) is 2.59. The zero-order valence-electron chi connectivity index (χ0n) is 12.6. The van der Waals surface area contributed by atoms with Gasteiger partial charge in [0.15, 0.2) is 0 Å². The zero-order valence-corrected chi connectivity index (χ0v) is 12.6. The second-order valence-corrected chi connectivity index (χ2v) is 5.74. The van der Waals surface area contributed by atoms with Crippen LogP contribution in [0.5, 0.6) is 0 Å². The summed E-state index contributed by atoms with van der Waals surface area (Å²) >= 11 is 0. The highest BCUT2D eigenvalue weighted by Crippen LogP contribution is 2.23. The number of nitrogens with one attached hydrogen (secondary N) is 2. The summed E-state index contributed by atoms with van der Waals surface area (Å²) < 4.78 is 13.4. The minimum Gasteiger partial charge on any atom is -0.393 e. The zero-order chi connectivity index (χ0) is 16.1. The van der Waals surface area contributed by atoms with Crippen molar-refractivity contribution in [3.05, 3.63) is 29.6 Å². The van der Waals surface area contributed by atoms with Crippen LogP contribution in [0.25, 0.3) is 0 Å². The predicted molar refractivity (Wildman–Crippen MR) is 80.7 cm³/mol. The lowest BCUT2D eigenvalue weighted by molar-refractivity contribution is -0.136. The quantitative estimate of drug-likeness (QED) is 0.744. The lowest BCUT2D eigenvalue weighted by Gasteiger charge is -2.27. The molecule has 1 aromatic rings. The number of aliphatic hydroxyl groups excluding tert-OH is 1. The first-order valence-electron chi connectivity index (χ1n) is 7.51. The largest absolute Gasteiger partial charge is 0.393 e. The Kier molecular flexibility index (Phi) is 5.49. The molecule has 0 spiro atoms. The first kappa shape index (κ1) is 16.4. The van der Waals surface area contributed by atoms with Crippen LogP contribution in [0.15, 0.2) is 18.2 Å². The van der Waals surface area contributed by atoms with Crippen LogP contribution in [0.3, 0.4) is 0 Å². The van der Waals surface area contributed by atoms with E-state index >= 15 is 0 Å². The van der Waals surface area contributed by atoms with Crippen LogP contribution in [0.4, 0.5) is 10.1 Å². The van der Waals surface area contributed by atoms with E-state index in [1.165, 1.54) is 18.2 Å². The van der Waals surface area contributed by atoms with Crippen LogP contribution in [-0.2, 0) is 9.59 Å². The Hall–Kier alpha value is -1.95. The first-order chi connectivity index (χ1) is 10.5. The normalized spacial score (nSPS) is 21.2. The molecule has 2 amide bonds. The summed E-state index contributed by atoms with van der Waals surface area (Å²) in [4.78, 5) is 23.5. The number of carbonyl (C=O) groups is 2. The molecule has 1 aliphatic carbocycles. The Balaban J connectivity index is 1.84. The van der Waals surface area contributed by atoms with E-state index in [-0.39, 0.29) is 18.2 Å². The summed E-state index contributed by atoms with van der Waals surface area (Å²) in [6, 6.07) is 4.24. The van der Waals surface area contributed by atoms with Gasteiger partial charge in [-0.1, -0.05) is 18.9 Å². The number of aliphatic hydroxyl groups is 1. The van der Waals surface area contributed by atoms with Crippen molar-refractivity contribution in [1.29, 1.82) is 0 Å². The standard InChI is InChI=1S/C16H21FN2O3/c1-10-6-7-12(8-13(10)17)19-16(22)15(21)18-9-11-4-2-3-5-14(11)20/h6-8,11,14,20H,2-5,9H2,1H3,(H,18,21)(H,19,22)/t11-,14+/m1/s1. The lowest BCUT2D eigenvalue weighted by Crippen LogP contribution is -2.41. The monoisotopic (exact) mass is 308 g/mol. The Morgan fingerprint density at radius 3 is 2.68 bits per heavy atom. The maximum absolute atomic E-state index is 13.4. The molecule has 0 aliphatic heterocycles. The summed E-state index contributed by atoms with van der Waals surface area (Å²) in [6.07, 6.45) is 3.15. The van der Waals surface area contributed by atoms with Gasteiger partial charge in [-0.05, 0) is 37.5 Å². The molecule has 0 unspecified atom stereocenters. The Morgan fingerprint density at radius 1 is 1.27 bits per heavy atom. The molecule has 120 valence electrons. The van der Waals surface area contributed by atoms with Crippen molar-refractivity contribution in [2.24, 2.45) is 5.92 Å². The van der Waals surface area contributed by atoms with Crippen molar-refractivity contribution >= 4 is 17.5 Å². The van der Waals surface area contributed by atoms with Crippen molar-refractivity contribution in [3.8, 4) is 0 Å². The molecule has 0 heterocycles. The van der Waals surface area contributed by atoms with E-state index in [1.54, 1.807) is 6.92 Å². The molecule has 3 N–H and O–H groups in total. The first-order valence-corrected chi connectivity index (χ1v) is 7.51. The highest BCUT2D eigenvalue weighted by molar-refractivity contribution is 6.39. The molecule has 2 rings (SSSR count). The van der Waals surface area contributed by atoms with E-state index in [0.29, 0.717) is 5.56 Å². The number of anilines is 1. The molecule has 22 heavy (non-hydrogen) atoms. The topological polar surface area (TPSA) is 78.4 Å². The fourth-order valence-corrected chi connectivity index (χ4v) is 2.59. The van der Waals surface area contributed by atoms with Gasteiger partial charge in [-0.2, -0.15) is 0 Å². The summed E-state index contributed by atoms with van der Waals surface area (Å²) in [7, 11) is 0. The average Bonchev–Trinajstić information content (AvgIpc) is 2.50. The second kappa shape index (κ2) is 7.35. The minimum absolute atomic E-state index is 0.0117. The van der Waals surface area contributed by atoms with Crippen molar-refractivity contribution in [1.82, 2.24) is 5.32 Å². The van der Waals surface area contributed by atoms with Crippen LogP contribution < -0.4 is 10.6 Å². The van der Waals surface area contributed by atoms with E-state index in [0.717, 1.165) is 25.7 Å². The SMILES string of the molecule is Cc1ccc(NC(=O)C(=O)NC[C@H]2CCCC[C@@H]2O)cc1F. The molecule has 2 atom stereocenters. The molecular weight excluding hydrogens is 287 g/mol. The van der Waals surface area contributed by atoms with Gasteiger partial charge in [0.1, 0.15) is 5.82 Å². The van der Waals surface area contributed by atoms with Crippen LogP contribution in [-0.4, -0.2) is 29.6 Å². The van der Waals surface area contributed by atoms with Gasteiger partial charge in [0.2, 0.25) is 0 Å². The van der Waals surface area contributed by atoms with Crippen molar-refractivity contribution in [2.75, 3.05) is 11.9 Å². The summed E-state index contributed by atoms with van der Waals surface area (Å²) in [6.45, 7) is 1.89. The Bertz CT molecular complexity index is 562. The van der Waals surface area contributed by atoms with Crippen LogP contribution in [0, 0.1) is 18.7 Å². The molecule has 0 saturated heterocycles. The third-order valence-electron chi connectivity index (χ3n) is 4.03. The number of hydrogen-bond acceptors (Lipinski definition) is 3. The molecule has 1 aromatic carbocycles. The van der Waals surface area contributed by atoms with Gasteiger partial charge in [-0.3, -0.25) is 9.59 Å². The summed E-state index contributed by atoms with van der Waals surface area (Å²) in [5.41, 5.74) is 0.703. The van der Waals surface area contributed by atoms with E-state index in [2.05, 4.69) is 10.6 Å². The van der Waals surface area contributed by atoms with Crippen molar-refractivity contribution < 1.29 is 19.1 Å². The van der Waals surface area contributed by atoms with Crippen molar-refractivity contribution in [3.63, 3.8) is 0 Å². The third-order valence-corrected chi connectivity index (χ3v) is 4.03. The van der Waals surface area contributed by atoms with E-state index in [1.807, 2.05) is 0 Å². The number of halogens is 1. The lowest BCUT2D eigenvalue weighted by atomic mass is 9.86. The minimum atomic E-state index is -0.839. The van der Waals surface area contributed by atoms with Gasteiger partial charge < -0.3 is 15.7 Å². The average molecular weight is 308 g/mol. The van der Waals surface area contributed by atoms with Crippen LogP contribution in [0.2, 0.25) is 0 Å². The number of carbonyl (C=O) groups excluding carboxylic acids is 2. The molecule has 1 saturated carbocycles. The fraction of sp³-hybridized carbons (Fsp3) is 0.500. The van der Waals surface area contributed by atoms with Crippen molar-refractivity contribution in [2.45, 2.75) is 38.7 Å². The highest BCUT2D eigenvalue weighted by atomic mass is 19.1. The van der Waals surface area contributed by atoms with Gasteiger partial charge in [0.25, 0.3) is 0 Å². The van der Waals surface area contributed by atoms with Gasteiger partial charge in [-0.25, -0.2) is 4.39 Å². The molecule has 0 bridgehead atoms. The van der Waals surface area contributed by atoms with E-state index in [4.69, 9.17) is 0 Å². The van der Waals surface area contributed by atoms with Crippen LogP contribution >= 0.6 is 0 Å². The maximum atomic E-state index is 13.4. The second-order valence-electron chi connectivity index (χ2n) is 5.74. The number of amides is 2. The maximum Gasteiger partial charge on any atom is 0.313 e. The molecule has 1 fully saturated rings. The van der Waals surface area contributed by atoms with E-state index in [9.17, 15) is 19.1 Å². The molecule has 0 aromatic heterocycles. The van der Waals surface area contributed by atoms with Gasteiger partial charge in [-0.15, -0.1) is 0 Å².